The van der Waals surface area contributed by atoms with Crippen LogP contribution in [0.4, 0.5) is 0 Å². The van der Waals surface area contributed by atoms with Gasteiger partial charge in [0, 0.05) is 12.4 Å². The van der Waals surface area contributed by atoms with Crippen LogP contribution < -0.4 is 5.32 Å². The maximum absolute atomic E-state index is 12.5. The van der Waals surface area contributed by atoms with E-state index in [9.17, 15) is 9.90 Å². The molecule has 0 saturated heterocycles. The summed E-state index contributed by atoms with van der Waals surface area (Å²) in [7, 11) is 0. The van der Waals surface area contributed by atoms with E-state index in [-0.39, 0.29) is 18.0 Å². The Morgan fingerprint density at radius 3 is 2.96 bits per heavy atom. The summed E-state index contributed by atoms with van der Waals surface area (Å²) in [4.78, 5) is 12.5. The zero-order valence-corrected chi connectivity index (χ0v) is 12.6. The standard InChI is InChI=1S/C16H17N5O2/c1-10-7-17-21(9-10)15-12(6-14(15)22)19-16(23)11-8-18-20-5-3-2-4-13(11)20/h2-5,7-9,12,14-15,22H,6H2,1H3,(H,19,23)/t12-,14+,15+/m0/s1. The molecule has 4 rings (SSSR count). The lowest BCUT2D eigenvalue weighted by molar-refractivity contribution is -0.00587. The SMILES string of the molecule is Cc1cnn([C@H]2[C@H](O)C[C@@H]2NC(=O)c2cnn3ccccc23)c1. The molecule has 0 aromatic carbocycles. The lowest BCUT2D eigenvalue weighted by Gasteiger charge is -2.41. The van der Waals surface area contributed by atoms with Crippen LogP contribution in [0.3, 0.4) is 0 Å². The number of rotatable bonds is 3. The van der Waals surface area contributed by atoms with Crippen LogP contribution in [-0.2, 0) is 0 Å². The highest BCUT2D eigenvalue weighted by atomic mass is 16.3. The van der Waals surface area contributed by atoms with E-state index in [2.05, 4.69) is 15.5 Å². The Hall–Kier alpha value is -2.67. The molecule has 2 N–H and O–H groups in total. The van der Waals surface area contributed by atoms with Gasteiger partial charge in [-0.2, -0.15) is 10.2 Å². The van der Waals surface area contributed by atoms with E-state index >= 15 is 0 Å². The molecule has 1 aliphatic carbocycles. The molecule has 1 aliphatic rings. The highest BCUT2D eigenvalue weighted by Crippen LogP contribution is 2.32. The van der Waals surface area contributed by atoms with Gasteiger partial charge in [0.2, 0.25) is 0 Å². The summed E-state index contributed by atoms with van der Waals surface area (Å²) in [6, 6.07) is 5.22. The number of aromatic nitrogens is 4. The molecule has 1 amide bonds. The normalized spacial score (nSPS) is 23.7. The van der Waals surface area contributed by atoms with Crippen molar-refractivity contribution in [1.82, 2.24) is 24.7 Å². The molecule has 23 heavy (non-hydrogen) atoms. The van der Waals surface area contributed by atoms with Crippen molar-refractivity contribution in [2.75, 3.05) is 0 Å². The van der Waals surface area contributed by atoms with Gasteiger partial charge < -0.3 is 10.4 Å². The van der Waals surface area contributed by atoms with Crippen LogP contribution in [-0.4, -0.2) is 42.6 Å². The van der Waals surface area contributed by atoms with Crippen molar-refractivity contribution in [3.05, 3.63) is 54.1 Å². The number of nitrogens with zero attached hydrogens (tertiary/aromatic N) is 4. The van der Waals surface area contributed by atoms with Gasteiger partial charge in [-0.05, 0) is 31.0 Å². The molecule has 0 aliphatic heterocycles. The number of hydrogen-bond acceptors (Lipinski definition) is 4. The number of carbonyl (C=O) groups excluding carboxylic acids is 1. The minimum absolute atomic E-state index is 0.143. The summed E-state index contributed by atoms with van der Waals surface area (Å²) in [6.07, 6.45) is 7.01. The summed E-state index contributed by atoms with van der Waals surface area (Å²) in [5.41, 5.74) is 2.32. The van der Waals surface area contributed by atoms with Crippen LogP contribution in [0.25, 0.3) is 5.52 Å². The summed E-state index contributed by atoms with van der Waals surface area (Å²) in [6.45, 7) is 1.95. The number of aryl methyl sites for hydroxylation is 1. The molecule has 0 bridgehead atoms. The van der Waals surface area contributed by atoms with Crippen molar-refractivity contribution < 1.29 is 9.90 Å². The van der Waals surface area contributed by atoms with E-state index in [0.29, 0.717) is 12.0 Å². The Labute approximate surface area is 132 Å². The zero-order valence-electron chi connectivity index (χ0n) is 12.6. The summed E-state index contributed by atoms with van der Waals surface area (Å²) in [5.74, 6) is -0.183. The third-order valence-corrected chi connectivity index (χ3v) is 4.33. The van der Waals surface area contributed by atoms with E-state index < -0.39 is 6.10 Å². The Balaban J connectivity index is 1.55. The second-order valence-electron chi connectivity index (χ2n) is 5.96. The Kier molecular flexibility index (Phi) is 3.16. The second-order valence-corrected chi connectivity index (χ2v) is 5.96. The zero-order chi connectivity index (χ0) is 16.0. The van der Waals surface area contributed by atoms with Crippen molar-refractivity contribution in [3.8, 4) is 0 Å². The molecule has 0 radical (unpaired) electrons. The van der Waals surface area contributed by atoms with Gasteiger partial charge in [0.25, 0.3) is 5.91 Å². The number of hydrogen-bond donors (Lipinski definition) is 2. The minimum Gasteiger partial charge on any atom is -0.391 e. The van der Waals surface area contributed by atoms with Gasteiger partial charge in [-0.15, -0.1) is 0 Å². The van der Waals surface area contributed by atoms with Gasteiger partial charge in [0.1, 0.15) is 0 Å². The van der Waals surface area contributed by atoms with E-state index in [0.717, 1.165) is 11.1 Å². The van der Waals surface area contributed by atoms with Crippen LogP contribution >= 0.6 is 0 Å². The number of nitrogens with one attached hydrogen (secondary N) is 1. The highest BCUT2D eigenvalue weighted by Gasteiger charge is 2.43. The molecular formula is C16H17N5O2. The van der Waals surface area contributed by atoms with Crippen molar-refractivity contribution in [3.63, 3.8) is 0 Å². The second kappa shape index (κ2) is 5.20. The maximum Gasteiger partial charge on any atom is 0.255 e. The van der Waals surface area contributed by atoms with Gasteiger partial charge in [-0.1, -0.05) is 6.07 Å². The fourth-order valence-corrected chi connectivity index (χ4v) is 3.07. The van der Waals surface area contributed by atoms with Crippen LogP contribution in [0.5, 0.6) is 0 Å². The Bertz CT molecular complexity index is 868. The van der Waals surface area contributed by atoms with Gasteiger partial charge in [0.05, 0.1) is 41.7 Å². The molecule has 3 aromatic heterocycles. The first kappa shape index (κ1) is 14.0. The third kappa shape index (κ3) is 2.29. The number of aliphatic hydroxyl groups excluding tert-OH is 1. The first-order valence-corrected chi connectivity index (χ1v) is 7.55. The van der Waals surface area contributed by atoms with E-state index in [4.69, 9.17) is 0 Å². The fraction of sp³-hybridized carbons (Fsp3) is 0.312. The Morgan fingerprint density at radius 1 is 1.35 bits per heavy atom. The quantitative estimate of drug-likeness (QED) is 0.754. The molecule has 1 fully saturated rings. The number of aliphatic hydroxyl groups is 1. The van der Waals surface area contributed by atoms with Gasteiger partial charge in [-0.25, -0.2) is 4.52 Å². The minimum atomic E-state index is -0.497. The smallest absolute Gasteiger partial charge is 0.255 e. The number of carbonyl (C=O) groups is 1. The van der Waals surface area contributed by atoms with Crippen LogP contribution in [0.2, 0.25) is 0 Å². The molecule has 0 spiro atoms. The lowest BCUT2D eigenvalue weighted by Crippen LogP contribution is -2.56. The fourth-order valence-electron chi connectivity index (χ4n) is 3.07. The average Bonchev–Trinajstić information content (AvgIpc) is 3.13. The van der Waals surface area contributed by atoms with E-state index in [1.807, 2.05) is 31.3 Å². The molecule has 1 saturated carbocycles. The van der Waals surface area contributed by atoms with E-state index in [1.54, 1.807) is 27.8 Å². The van der Waals surface area contributed by atoms with Crippen molar-refractivity contribution in [1.29, 1.82) is 0 Å². The predicted octanol–water partition coefficient (Wildman–Crippen LogP) is 0.944. The number of pyridine rings is 1. The van der Waals surface area contributed by atoms with Crippen molar-refractivity contribution >= 4 is 11.4 Å². The van der Waals surface area contributed by atoms with Gasteiger partial charge in [0.15, 0.2) is 0 Å². The first-order valence-electron chi connectivity index (χ1n) is 7.55. The lowest BCUT2D eigenvalue weighted by atomic mass is 9.83. The molecule has 3 aromatic rings. The first-order chi connectivity index (χ1) is 11.1. The van der Waals surface area contributed by atoms with Crippen LogP contribution in [0.1, 0.15) is 28.4 Å². The molecule has 3 atom stereocenters. The molecule has 118 valence electrons. The average molecular weight is 311 g/mol. The highest BCUT2D eigenvalue weighted by molar-refractivity contribution is 6.00. The molecule has 0 unspecified atom stereocenters. The maximum atomic E-state index is 12.5. The predicted molar refractivity (Wildman–Crippen MR) is 83.1 cm³/mol. The van der Waals surface area contributed by atoms with Crippen LogP contribution in [0.15, 0.2) is 43.0 Å². The summed E-state index contributed by atoms with van der Waals surface area (Å²) in [5, 5.41) is 21.4. The summed E-state index contributed by atoms with van der Waals surface area (Å²) >= 11 is 0. The number of amides is 1. The topological polar surface area (TPSA) is 84.5 Å². The molecule has 7 heteroatoms. The largest absolute Gasteiger partial charge is 0.391 e. The molecule has 3 heterocycles. The number of fused-ring (bicyclic) bond motifs is 1. The third-order valence-electron chi connectivity index (χ3n) is 4.33. The molecule has 7 nitrogen and oxygen atoms in total. The van der Waals surface area contributed by atoms with Crippen LogP contribution in [0, 0.1) is 6.92 Å². The molecular weight excluding hydrogens is 294 g/mol. The van der Waals surface area contributed by atoms with Crippen molar-refractivity contribution in [2.45, 2.75) is 31.5 Å². The monoisotopic (exact) mass is 311 g/mol. The summed E-state index contributed by atoms with van der Waals surface area (Å²) < 4.78 is 3.39. The Morgan fingerprint density at radius 2 is 2.22 bits per heavy atom. The van der Waals surface area contributed by atoms with E-state index in [1.165, 1.54) is 0 Å². The van der Waals surface area contributed by atoms with Gasteiger partial charge in [-0.3, -0.25) is 9.48 Å². The van der Waals surface area contributed by atoms with Crippen molar-refractivity contribution in [2.24, 2.45) is 0 Å². The van der Waals surface area contributed by atoms with Gasteiger partial charge >= 0.3 is 0 Å².